The minimum Gasteiger partial charge on any atom is -0.363 e. The van der Waals surface area contributed by atoms with Gasteiger partial charge < -0.3 is 9.84 Å². The molecule has 8 heteroatoms. The average molecular weight is 426 g/mol. The highest BCUT2D eigenvalue weighted by atomic mass is 32.2. The van der Waals surface area contributed by atoms with Crippen LogP contribution in [0.3, 0.4) is 0 Å². The number of aromatic nitrogens is 1. The first kappa shape index (κ1) is 20.3. The van der Waals surface area contributed by atoms with Gasteiger partial charge in [0.1, 0.15) is 11.5 Å². The van der Waals surface area contributed by atoms with Gasteiger partial charge in [0.15, 0.2) is 5.82 Å². The number of nitrogens with zero attached hydrogens (tertiary/aromatic N) is 2. The Morgan fingerprint density at radius 3 is 2.50 bits per heavy atom. The summed E-state index contributed by atoms with van der Waals surface area (Å²) in [5.74, 6) is 0.0304. The molecule has 2 heterocycles. The van der Waals surface area contributed by atoms with Gasteiger partial charge in [-0.1, -0.05) is 47.6 Å². The van der Waals surface area contributed by atoms with Crippen molar-refractivity contribution in [3.8, 4) is 0 Å². The SMILES string of the molecule is C[C@H]1CCC(c2ccccc2)S(=O)(=O)N1Cc1ccc(C(=O)Nc2ccon2)cc1. The second-order valence-electron chi connectivity index (χ2n) is 7.45. The second-order valence-corrected chi connectivity index (χ2v) is 9.52. The van der Waals surface area contributed by atoms with Crippen molar-refractivity contribution in [2.24, 2.45) is 0 Å². The number of carbonyl (C=O) groups excluding carboxylic acids is 1. The van der Waals surface area contributed by atoms with Gasteiger partial charge in [0, 0.05) is 24.2 Å². The lowest BCUT2D eigenvalue weighted by Gasteiger charge is -2.37. The number of amides is 1. The predicted molar refractivity (Wildman–Crippen MR) is 113 cm³/mol. The summed E-state index contributed by atoms with van der Waals surface area (Å²) in [6, 6.07) is 17.8. The summed E-state index contributed by atoms with van der Waals surface area (Å²) in [6.07, 6.45) is 2.80. The molecule has 0 bridgehead atoms. The van der Waals surface area contributed by atoms with E-state index in [1.165, 1.54) is 6.26 Å². The van der Waals surface area contributed by atoms with E-state index in [0.29, 0.717) is 17.8 Å². The molecule has 1 unspecified atom stereocenters. The van der Waals surface area contributed by atoms with Gasteiger partial charge in [-0.15, -0.1) is 0 Å². The van der Waals surface area contributed by atoms with Crippen molar-refractivity contribution < 1.29 is 17.7 Å². The first-order chi connectivity index (χ1) is 14.4. The Kier molecular flexibility index (Phi) is 5.69. The molecular weight excluding hydrogens is 402 g/mol. The lowest BCUT2D eigenvalue weighted by Crippen LogP contribution is -2.44. The number of nitrogens with one attached hydrogen (secondary N) is 1. The molecule has 1 fully saturated rings. The molecule has 7 nitrogen and oxygen atoms in total. The van der Waals surface area contributed by atoms with Crippen LogP contribution in [0.1, 0.15) is 46.5 Å². The molecule has 0 radical (unpaired) electrons. The molecule has 4 rings (SSSR count). The molecule has 0 saturated carbocycles. The number of hydrogen-bond donors (Lipinski definition) is 1. The van der Waals surface area contributed by atoms with Gasteiger partial charge in [-0.2, -0.15) is 4.31 Å². The number of anilines is 1. The third-order valence-electron chi connectivity index (χ3n) is 5.43. The third kappa shape index (κ3) is 4.15. The quantitative estimate of drug-likeness (QED) is 0.667. The Labute approximate surface area is 175 Å². The van der Waals surface area contributed by atoms with Crippen molar-refractivity contribution in [3.63, 3.8) is 0 Å². The van der Waals surface area contributed by atoms with Crippen LogP contribution < -0.4 is 5.32 Å². The highest BCUT2D eigenvalue weighted by Gasteiger charge is 2.40. The minimum absolute atomic E-state index is 0.0786. The van der Waals surface area contributed by atoms with Crippen LogP contribution >= 0.6 is 0 Å². The van der Waals surface area contributed by atoms with Crippen LogP contribution in [0.25, 0.3) is 0 Å². The third-order valence-corrected chi connectivity index (χ3v) is 7.80. The van der Waals surface area contributed by atoms with Crippen LogP contribution in [0.4, 0.5) is 5.82 Å². The van der Waals surface area contributed by atoms with Crippen LogP contribution in [0.2, 0.25) is 0 Å². The predicted octanol–water partition coefficient (Wildman–Crippen LogP) is 3.98. The molecule has 1 aromatic heterocycles. The van der Waals surface area contributed by atoms with Gasteiger partial charge in [-0.25, -0.2) is 8.42 Å². The molecule has 1 aliphatic rings. The molecule has 1 N–H and O–H groups in total. The monoisotopic (exact) mass is 425 g/mol. The van der Waals surface area contributed by atoms with Crippen LogP contribution in [0.15, 0.2) is 71.4 Å². The van der Waals surface area contributed by atoms with Crippen molar-refractivity contribution in [3.05, 3.63) is 83.6 Å². The van der Waals surface area contributed by atoms with E-state index in [1.54, 1.807) is 34.6 Å². The van der Waals surface area contributed by atoms with E-state index in [0.717, 1.165) is 17.5 Å². The molecule has 2 atom stereocenters. The Balaban J connectivity index is 1.50. The van der Waals surface area contributed by atoms with E-state index < -0.39 is 15.3 Å². The number of rotatable bonds is 5. The minimum atomic E-state index is -3.49. The maximum absolute atomic E-state index is 13.3. The lowest BCUT2D eigenvalue weighted by molar-refractivity contribution is 0.102. The highest BCUT2D eigenvalue weighted by molar-refractivity contribution is 7.89. The van der Waals surface area contributed by atoms with E-state index in [-0.39, 0.29) is 18.5 Å². The summed E-state index contributed by atoms with van der Waals surface area (Å²) in [5, 5.41) is 5.76. The Hall–Kier alpha value is -2.97. The zero-order chi connectivity index (χ0) is 21.1. The first-order valence-corrected chi connectivity index (χ1v) is 11.3. The fourth-order valence-corrected chi connectivity index (χ4v) is 5.96. The average Bonchev–Trinajstić information content (AvgIpc) is 3.25. The molecule has 2 aromatic carbocycles. The molecule has 0 spiro atoms. The Morgan fingerprint density at radius 2 is 1.83 bits per heavy atom. The van der Waals surface area contributed by atoms with Crippen molar-refractivity contribution in [1.82, 2.24) is 9.46 Å². The van der Waals surface area contributed by atoms with Gasteiger partial charge in [-0.05, 0) is 43.0 Å². The van der Waals surface area contributed by atoms with Gasteiger partial charge in [0.2, 0.25) is 10.0 Å². The summed E-state index contributed by atoms with van der Waals surface area (Å²) in [4.78, 5) is 12.3. The molecular formula is C22H23N3O4S. The maximum Gasteiger partial charge on any atom is 0.256 e. The fraction of sp³-hybridized carbons (Fsp3) is 0.273. The van der Waals surface area contributed by atoms with Crippen molar-refractivity contribution in [2.75, 3.05) is 5.32 Å². The number of sulfonamides is 1. The summed E-state index contributed by atoms with van der Waals surface area (Å²) in [6.45, 7) is 2.22. The Morgan fingerprint density at radius 1 is 1.10 bits per heavy atom. The van der Waals surface area contributed by atoms with Gasteiger partial charge in [0.25, 0.3) is 5.91 Å². The zero-order valence-electron chi connectivity index (χ0n) is 16.6. The largest absolute Gasteiger partial charge is 0.363 e. The molecule has 1 amide bonds. The molecule has 1 aliphatic heterocycles. The molecule has 156 valence electrons. The van der Waals surface area contributed by atoms with Crippen LogP contribution in [-0.4, -0.2) is 29.8 Å². The van der Waals surface area contributed by atoms with E-state index in [4.69, 9.17) is 4.52 Å². The number of hydrogen-bond acceptors (Lipinski definition) is 5. The van der Waals surface area contributed by atoms with Gasteiger partial charge >= 0.3 is 0 Å². The van der Waals surface area contributed by atoms with Gasteiger partial charge in [-0.3, -0.25) is 4.79 Å². The van der Waals surface area contributed by atoms with Crippen molar-refractivity contribution in [2.45, 2.75) is 37.6 Å². The Bertz CT molecular complexity index is 1100. The van der Waals surface area contributed by atoms with Crippen LogP contribution in [-0.2, 0) is 16.6 Å². The fourth-order valence-electron chi connectivity index (χ4n) is 3.76. The standard InChI is InChI=1S/C22H23N3O4S/c1-16-7-12-20(18-5-3-2-4-6-18)30(27,28)25(16)15-17-8-10-19(11-9-17)22(26)23-21-13-14-29-24-21/h2-6,8-11,13-14,16,20H,7,12,15H2,1H3,(H,23,24,26)/t16-,20?/m0/s1. The van der Waals surface area contributed by atoms with Crippen LogP contribution in [0.5, 0.6) is 0 Å². The number of carbonyl (C=O) groups is 1. The van der Waals surface area contributed by atoms with E-state index >= 15 is 0 Å². The van der Waals surface area contributed by atoms with E-state index in [1.807, 2.05) is 37.3 Å². The number of benzene rings is 2. The summed E-state index contributed by atoms with van der Waals surface area (Å²) >= 11 is 0. The molecule has 0 aliphatic carbocycles. The topological polar surface area (TPSA) is 92.5 Å². The summed E-state index contributed by atoms with van der Waals surface area (Å²) in [5.41, 5.74) is 2.12. The smallest absolute Gasteiger partial charge is 0.256 e. The zero-order valence-corrected chi connectivity index (χ0v) is 17.4. The van der Waals surface area contributed by atoms with Crippen molar-refractivity contribution >= 4 is 21.7 Å². The summed E-state index contributed by atoms with van der Waals surface area (Å²) < 4.78 is 32.9. The first-order valence-electron chi connectivity index (χ1n) is 9.81. The van der Waals surface area contributed by atoms with Crippen LogP contribution in [0, 0.1) is 0 Å². The van der Waals surface area contributed by atoms with E-state index in [9.17, 15) is 13.2 Å². The normalized spacial score (nSPS) is 21.2. The van der Waals surface area contributed by atoms with Gasteiger partial charge in [0.05, 0.1) is 0 Å². The second kappa shape index (κ2) is 8.41. The van der Waals surface area contributed by atoms with E-state index in [2.05, 4.69) is 10.5 Å². The highest BCUT2D eigenvalue weighted by Crippen LogP contribution is 2.38. The molecule has 1 saturated heterocycles. The lowest BCUT2D eigenvalue weighted by atomic mass is 10.0. The maximum atomic E-state index is 13.3. The summed E-state index contributed by atoms with van der Waals surface area (Å²) in [7, 11) is -3.49. The van der Waals surface area contributed by atoms with Crippen molar-refractivity contribution in [1.29, 1.82) is 0 Å². The molecule has 30 heavy (non-hydrogen) atoms. The molecule has 3 aromatic rings.